The van der Waals surface area contributed by atoms with Crippen molar-refractivity contribution < 1.29 is 37.9 Å². The molecule has 61 heavy (non-hydrogen) atoms. The second kappa shape index (κ2) is 45.4. The predicted octanol–water partition coefficient (Wildman–Crippen LogP) is 12.9. The second-order valence-electron chi connectivity index (χ2n) is 13.9. The van der Waals surface area contributed by atoms with E-state index in [9.17, 15) is 24.2 Å². The lowest BCUT2D eigenvalue weighted by Crippen LogP contribution is -2.27. The van der Waals surface area contributed by atoms with Crippen LogP contribution in [0.25, 0.3) is 0 Å². The van der Waals surface area contributed by atoms with Gasteiger partial charge in [0.2, 0.25) is 5.91 Å². The van der Waals surface area contributed by atoms with Crippen LogP contribution in [0.4, 0.5) is 0 Å². The Hall–Kier alpha value is -4.11. The summed E-state index contributed by atoms with van der Waals surface area (Å²) in [4.78, 5) is 33.9. The molecule has 0 aliphatic carbocycles. The molecule has 3 N–H and O–H groups in total. The number of aliphatic hydroxyl groups is 1. The maximum absolute atomic E-state index is 12.1. The number of rotatable bonds is 39. The number of nitrogens with one attached hydrogen (secondary N) is 1. The Balaban J connectivity index is 3.81. The molecule has 9 nitrogen and oxygen atoms in total. The lowest BCUT2D eigenvalue weighted by molar-refractivity contribution is -0.147. The summed E-state index contributed by atoms with van der Waals surface area (Å²) in [5, 5.41) is 12.7. The van der Waals surface area contributed by atoms with Crippen LogP contribution in [-0.2, 0) is 27.9 Å². The summed E-state index contributed by atoms with van der Waals surface area (Å²) in [6.45, 7) is 3.14. The summed E-state index contributed by atoms with van der Waals surface area (Å²) in [5.41, 5.74) is 0. The monoisotopic (exact) mass is 864 g/mol. The van der Waals surface area contributed by atoms with Gasteiger partial charge in [0.05, 0.1) is 13.2 Å². The quantitative estimate of drug-likeness (QED) is 0.0241. The Morgan fingerprint density at radius 2 is 0.885 bits per heavy atom. The standard InChI is InChI=1S/C51H78NO8P/c1-3-5-7-9-11-13-15-17-19-21-23-24-26-27-29-31-33-35-37-39-41-43-50(54)52-45-46-59-61(56,57)60-48-49(53)47-58-51(55)44-42-40-38-36-34-32-30-28-25-22-20-18-16-14-12-10-8-6-4-2/h5-8,11-14,17-20,23-25,27-29,32-35,38,40,49,53H,3-4,9-10,15-16,21-22,26,30-31,36-37,39,41-48H2,1-2H3,(H,52,54)(H,56,57)/b7-5-,8-6-,13-11-,14-12-,19-17-,20-18-,24-23-,28-25-,29-27-,34-32-,35-33-,40-38-. The number of unbranched alkanes of at least 4 members (excludes halogenated alkanes) is 2. The molecule has 0 bridgehead atoms. The normalized spacial score (nSPS) is 14.6. The SMILES string of the molecule is CC/C=C\C/C=C\C/C=C\C/C=C\C/C=C\C/C=C\CCCCC(=O)NCCOP(=O)(O)OCC(O)COC(=O)CC/C=C\C/C=C\C/C=C\C/C=C\C/C=C\C/C=C\CC. The summed E-state index contributed by atoms with van der Waals surface area (Å²) in [5.74, 6) is -0.662. The number of hydrogen-bond donors (Lipinski definition) is 3. The largest absolute Gasteiger partial charge is 0.472 e. The Labute approximate surface area is 369 Å². The molecule has 2 unspecified atom stereocenters. The van der Waals surface area contributed by atoms with E-state index in [2.05, 4.69) is 153 Å². The van der Waals surface area contributed by atoms with Crippen molar-refractivity contribution in [1.29, 1.82) is 0 Å². The van der Waals surface area contributed by atoms with E-state index in [-0.39, 0.29) is 32.1 Å². The van der Waals surface area contributed by atoms with E-state index in [0.717, 1.165) is 96.3 Å². The van der Waals surface area contributed by atoms with Crippen LogP contribution in [-0.4, -0.2) is 54.3 Å². The first-order chi connectivity index (χ1) is 29.8. The molecule has 0 aromatic heterocycles. The van der Waals surface area contributed by atoms with Gasteiger partial charge in [0, 0.05) is 19.4 Å². The first-order valence-corrected chi connectivity index (χ1v) is 23.8. The molecule has 10 heteroatoms. The third-order valence-corrected chi connectivity index (χ3v) is 9.26. The van der Waals surface area contributed by atoms with Gasteiger partial charge in [-0.2, -0.15) is 0 Å². The Bertz CT molecular complexity index is 1490. The van der Waals surface area contributed by atoms with Crippen LogP contribution in [0.2, 0.25) is 0 Å². The zero-order valence-electron chi connectivity index (χ0n) is 37.3. The van der Waals surface area contributed by atoms with Crippen molar-refractivity contribution in [1.82, 2.24) is 5.32 Å². The average molecular weight is 864 g/mol. The minimum Gasteiger partial charge on any atom is -0.463 e. The van der Waals surface area contributed by atoms with Gasteiger partial charge in [-0.15, -0.1) is 0 Å². The second-order valence-corrected chi connectivity index (χ2v) is 15.4. The fourth-order valence-electron chi connectivity index (χ4n) is 4.99. The molecule has 0 saturated heterocycles. The van der Waals surface area contributed by atoms with Crippen molar-refractivity contribution >= 4 is 19.7 Å². The zero-order valence-corrected chi connectivity index (χ0v) is 38.2. The molecule has 1 amide bonds. The highest BCUT2D eigenvalue weighted by Crippen LogP contribution is 2.42. The molecule has 0 spiro atoms. The van der Waals surface area contributed by atoms with E-state index in [0.29, 0.717) is 12.8 Å². The fourth-order valence-corrected chi connectivity index (χ4v) is 5.75. The van der Waals surface area contributed by atoms with Gasteiger partial charge in [-0.1, -0.05) is 160 Å². The Kier molecular flexibility index (Phi) is 42.4. The molecular weight excluding hydrogens is 786 g/mol. The molecule has 0 aliphatic rings. The van der Waals surface area contributed by atoms with Crippen LogP contribution in [0.1, 0.15) is 129 Å². The molecule has 0 aromatic rings. The zero-order chi connectivity index (χ0) is 44.6. The Morgan fingerprint density at radius 3 is 1.30 bits per heavy atom. The van der Waals surface area contributed by atoms with E-state index < -0.39 is 26.5 Å². The van der Waals surface area contributed by atoms with Gasteiger partial charge in [-0.05, 0) is 103 Å². The molecular formula is C51H78NO8P. The van der Waals surface area contributed by atoms with Gasteiger partial charge in [-0.3, -0.25) is 18.6 Å². The number of ether oxygens (including phenoxy) is 1. The maximum atomic E-state index is 12.1. The number of carbonyl (C=O) groups is 2. The molecule has 2 atom stereocenters. The number of phosphoric ester groups is 1. The number of esters is 1. The summed E-state index contributed by atoms with van der Waals surface area (Å²) in [7, 11) is -4.46. The third kappa shape index (κ3) is 46.8. The first kappa shape index (κ1) is 56.9. The number of aliphatic hydroxyl groups excluding tert-OH is 1. The molecule has 0 saturated carbocycles. The van der Waals surface area contributed by atoms with E-state index in [1.165, 1.54) is 0 Å². The van der Waals surface area contributed by atoms with E-state index in [1.807, 2.05) is 12.2 Å². The molecule has 340 valence electrons. The summed E-state index contributed by atoms with van der Waals surface area (Å²) < 4.78 is 26.8. The van der Waals surface area contributed by atoms with Crippen molar-refractivity contribution in [3.63, 3.8) is 0 Å². The topological polar surface area (TPSA) is 131 Å². The van der Waals surface area contributed by atoms with Crippen LogP contribution >= 0.6 is 7.82 Å². The number of allylic oxidation sites excluding steroid dienone is 24. The van der Waals surface area contributed by atoms with Gasteiger partial charge >= 0.3 is 13.8 Å². The van der Waals surface area contributed by atoms with Crippen LogP contribution < -0.4 is 5.32 Å². The van der Waals surface area contributed by atoms with Crippen molar-refractivity contribution in [2.45, 2.75) is 136 Å². The average Bonchev–Trinajstić information content (AvgIpc) is 3.25. The highest BCUT2D eigenvalue weighted by atomic mass is 31.2. The van der Waals surface area contributed by atoms with Gasteiger partial charge in [0.15, 0.2) is 0 Å². The Morgan fingerprint density at radius 1 is 0.508 bits per heavy atom. The summed E-state index contributed by atoms with van der Waals surface area (Å²) >= 11 is 0. The fraction of sp³-hybridized carbons (Fsp3) is 0.490. The first-order valence-electron chi connectivity index (χ1n) is 22.3. The third-order valence-electron chi connectivity index (χ3n) is 8.28. The molecule has 0 fully saturated rings. The molecule has 0 aromatic carbocycles. The van der Waals surface area contributed by atoms with Gasteiger partial charge < -0.3 is 20.1 Å². The number of carbonyl (C=O) groups excluding carboxylic acids is 2. The lowest BCUT2D eigenvalue weighted by atomic mass is 10.1. The van der Waals surface area contributed by atoms with E-state index >= 15 is 0 Å². The van der Waals surface area contributed by atoms with Gasteiger partial charge in [0.1, 0.15) is 12.7 Å². The lowest BCUT2D eigenvalue weighted by Gasteiger charge is -2.15. The van der Waals surface area contributed by atoms with Crippen LogP contribution in [0.3, 0.4) is 0 Å². The van der Waals surface area contributed by atoms with Crippen LogP contribution in [0.15, 0.2) is 146 Å². The van der Waals surface area contributed by atoms with Crippen LogP contribution in [0, 0.1) is 0 Å². The summed E-state index contributed by atoms with van der Waals surface area (Å²) in [6, 6.07) is 0. The highest BCUT2D eigenvalue weighted by Gasteiger charge is 2.23. The van der Waals surface area contributed by atoms with Gasteiger partial charge in [0.25, 0.3) is 0 Å². The van der Waals surface area contributed by atoms with Crippen molar-refractivity contribution in [2.75, 3.05) is 26.4 Å². The molecule has 0 heterocycles. The smallest absolute Gasteiger partial charge is 0.463 e. The molecule has 0 rings (SSSR count). The van der Waals surface area contributed by atoms with Crippen molar-refractivity contribution in [2.24, 2.45) is 0 Å². The van der Waals surface area contributed by atoms with Crippen molar-refractivity contribution in [3.8, 4) is 0 Å². The molecule has 0 radical (unpaired) electrons. The number of hydrogen-bond acceptors (Lipinski definition) is 7. The predicted molar refractivity (Wildman–Crippen MR) is 256 cm³/mol. The van der Waals surface area contributed by atoms with Crippen molar-refractivity contribution in [3.05, 3.63) is 146 Å². The maximum Gasteiger partial charge on any atom is 0.472 e. The molecule has 0 aliphatic heterocycles. The van der Waals surface area contributed by atoms with E-state index in [4.69, 9.17) is 13.8 Å². The summed E-state index contributed by atoms with van der Waals surface area (Å²) in [6.07, 6.45) is 65.1. The number of amides is 1. The minimum absolute atomic E-state index is 0.0385. The minimum atomic E-state index is -4.46. The van der Waals surface area contributed by atoms with Gasteiger partial charge in [-0.25, -0.2) is 4.57 Å². The van der Waals surface area contributed by atoms with Crippen LogP contribution in [0.5, 0.6) is 0 Å². The number of phosphoric acid groups is 1. The highest BCUT2D eigenvalue weighted by molar-refractivity contribution is 7.47. The van der Waals surface area contributed by atoms with E-state index in [1.54, 1.807) is 0 Å².